The molecule has 4 rings (SSSR count). The number of hydrogen-bond acceptors (Lipinski definition) is 9. The van der Waals surface area contributed by atoms with Crippen molar-refractivity contribution in [2.75, 3.05) is 0 Å². The van der Waals surface area contributed by atoms with Gasteiger partial charge >= 0.3 is 12.1 Å². The molecule has 0 aliphatic carbocycles. The van der Waals surface area contributed by atoms with E-state index >= 15 is 0 Å². The lowest BCUT2D eigenvalue weighted by molar-refractivity contribution is -0.149. The van der Waals surface area contributed by atoms with Crippen LogP contribution in [0.1, 0.15) is 70.2 Å². The monoisotopic (exact) mass is 656 g/mol. The first-order chi connectivity index (χ1) is 22.0. The second-order valence-corrected chi connectivity index (χ2v) is 11.7. The Labute approximate surface area is 270 Å². The Morgan fingerprint density at radius 2 is 1.21 bits per heavy atom. The first-order valence-electron chi connectivity index (χ1n) is 14.9. The number of carbonyl (C=O) groups is 7. The lowest BCUT2D eigenvalue weighted by atomic mass is 9.92. The van der Waals surface area contributed by atoms with E-state index in [0.29, 0.717) is 17.5 Å². The predicted molar refractivity (Wildman–Crippen MR) is 164 cm³/mol. The number of carbonyl (C=O) groups excluding carboxylic acids is 7. The quantitative estimate of drug-likeness (QED) is 0.277. The van der Waals surface area contributed by atoms with Crippen molar-refractivity contribution >= 4 is 41.5 Å². The summed E-state index contributed by atoms with van der Waals surface area (Å²) in [6.07, 6.45) is 0.194. The van der Waals surface area contributed by atoms with Gasteiger partial charge < -0.3 is 11.5 Å². The number of Topliss-reactive ketones (excluding diaryl/α,β-unsaturated/α-hetero) is 1. The van der Waals surface area contributed by atoms with Gasteiger partial charge in [0.2, 0.25) is 17.7 Å². The minimum atomic E-state index is -1.62. The summed E-state index contributed by atoms with van der Waals surface area (Å²) in [5.41, 5.74) is 12.9. The fourth-order valence-corrected chi connectivity index (χ4v) is 5.18. The third kappa shape index (κ3) is 8.89. The van der Waals surface area contributed by atoms with Crippen molar-refractivity contribution in [2.45, 2.75) is 71.1 Å². The molecule has 8 amide bonds. The van der Waals surface area contributed by atoms with E-state index in [-0.39, 0.29) is 24.7 Å². The smallest absolute Gasteiger partial charge is 0.324 e. The molecule has 13 nitrogen and oxygen atoms in total. The molecule has 6 N–H and O–H groups in total. The second-order valence-electron chi connectivity index (χ2n) is 11.7. The Morgan fingerprint density at radius 3 is 1.70 bits per heavy atom. The van der Waals surface area contributed by atoms with Gasteiger partial charge in [-0.1, -0.05) is 24.3 Å². The minimum Gasteiger partial charge on any atom is -0.324 e. The first kappa shape index (κ1) is 36.6. The topological polar surface area (TPSA) is 202 Å². The molecule has 2 saturated heterocycles. The molecule has 2 fully saturated rings. The van der Waals surface area contributed by atoms with Crippen molar-refractivity contribution in [3.8, 4) is 0 Å². The molecule has 4 atom stereocenters. The molecule has 252 valence electrons. The summed E-state index contributed by atoms with van der Waals surface area (Å²) >= 11 is 0. The van der Waals surface area contributed by atoms with Crippen LogP contribution in [0.2, 0.25) is 0 Å². The van der Waals surface area contributed by atoms with Crippen LogP contribution >= 0.6 is 0 Å². The number of nitrogens with one attached hydrogen (secondary N) is 2. The van der Waals surface area contributed by atoms with Gasteiger partial charge in [-0.05, 0) is 75.9 Å². The molecule has 2 aliphatic rings. The number of rotatable bonds is 10. The van der Waals surface area contributed by atoms with E-state index in [1.54, 1.807) is 45.9 Å². The van der Waals surface area contributed by atoms with Crippen LogP contribution in [-0.4, -0.2) is 63.4 Å². The van der Waals surface area contributed by atoms with Crippen LogP contribution < -0.4 is 22.1 Å². The maximum atomic E-state index is 13.2. The van der Waals surface area contributed by atoms with Crippen molar-refractivity contribution in [3.05, 3.63) is 71.3 Å². The summed E-state index contributed by atoms with van der Waals surface area (Å²) < 4.78 is 26.4. The van der Waals surface area contributed by atoms with Gasteiger partial charge in [-0.15, -0.1) is 0 Å². The summed E-state index contributed by atoms with van der Waals surface area (Å²) in [4.78, 5) is 86.1. The first-order valence-corrected chi connectivity index (χ1v) is 14.9. The van der Waals surface area contributed by atoms with E-state index in [2.05, 4.69) is 5.32 Å². The average Bonchev–Trinajstić information content (AvgIpc) is 2.96. The van der Waals surface area contributed by atoms with Crippen molar-refractivity contribution in [3.63, 3.8) is 0 Å². The van der Waals surface area contributed by atoms with E-state index in [1.165, 1.54) is 30.3 Å². The van der Waals surface area contributed by atoms with Crippen molar-refractivity contribution in [1.82, 2.24) is 20.4 Å². The fraction of sp³-hybridized carbons (Fsp3) is 0.406. The lowest BCUT2D eigenvalue weighted by Crippen LogP contribution is -2.61. The Bertz CT molecular complexity index is 1570. The van der Waals surface area contributed by atoms with Crippen molar-refractivity contribution in [1.29, 1.82) is 0 Å². The summed E-state index contributed by atoms with van der Waals surface area (Å²) in [6.45, 7) is 6.58. The number of benzene rings is 2. The maximum absolute atomic E-state index is 13.2. The van der Waals surface area contributed by atoms with Crippen molar-refractivity contribution < 1.29 is 42.3 Å². The number of nitrogens with two attached hydrogens (primary N) is 2. The van der Waals surface area contributed by atoms with E-state index in [0.717, 1.165) is 9.80 Å². The molecule has 2 aliphatic heterocycles. The van der Waals surface area contributed by atoms with Crippen molar-refractivity contribution in [2.24, 2.45) is 23.3 Å². The van der Waals surface area contributed by atoms with Gasteiger partial charge in [0.15, 0.2) is 11.7 Å². The number of nitrogens with zero attached hydrogens (tertiary/aromatic N) is 2. The molecule has 0 bridgehead atoms. The highest BCUT2D eigenvalue weighted by molar-refractivity contribution is 6.26. The van der Waals surface area contributed by atoms with Gasteiger partial charge in [-0.2, -0.15) is 0 Å². The zero-order valence-electron chi connectivity index (χ0n) is 26.4. The molecule has 0 saturated carbocycles. The highest BCUT2D eigenvalue weighted by Gasteiger charge is 2.46. The fourth-order valence-electron chi connectivity index (χ4n) is 5.18. The number of amides is 8. The van der Waals surface area contributed by atoms with E-state index < -0.39 is 77.3 Å². The van der Waals surface area contributed by atoms with Gasteiger partial charge in [-0.3, -0.25) is 44.4 Å². The summed E-state index contributed by atoms with van der Waals surface area (Å²) in [5.74, 6) is -7.12. The number of halogens is 2. The number of urea groups is 2. The molecule has 2 aromatic carbocycles. The Balaban J connectivity index is 0.000000256. The molecule has 2 unspecified atom stereocenters. The van der Waals surface area contributed by atoms with Crippen LogP contribution in [0.15, 0.2) is 48.5 Å². The summed E-state index contributed by atoms with van der Waals surface area (Å²) in [5, 5.41) is 4.19. The van der Waals surface area contributed by atoms with Gasteiger partial charge in [0.25, 0.3) is 5.91 Å². The van der Waals surface area contributed by atoms with Crippen LogP contribution in [0.25, 0.3) is 0 Å². The van der Waals surface area contributed by atoms with Gasteiger partial charge in [0, 0.05) is 30.6 Å². The van der Waals surface area contributed by atoms with Crippen LogP contribution in [0.3, 0.4) is 0 Å². The molecule has 15 heteroatoms. The Morgan fingerprint density at radius 1 is 0.745 bits per heavy atom. The molecule has 2 heterocycles. The molecular weight excluding hydrogens is 618 g/mol. The SMILES string of the molecule is CC(C)N1C(=O)NC(=O)C(C(=O)C[C@@H](N)c2cccc(F)c2)C1=O.CC(C)N1C(=O)NC(=O)C(CC[C@@H](N)c2cccc(F)c2)C1=O. The number of imide groups is 4. The molecule has 47 heavy (non-hydrogen) atoms. The Kier molecular flexibility index (Phi) is 12.1. The summed E-state index contributed by atoms with van der Waals surface area (Å²) in [6, 6.07) is 7.59. The van der Waals surface area contributed by atoms with Crippen LogP contribution in [0.5, 0.6) is 0 Å². The zero-order chi connectivity index (χ0) is 35.2. The molecule has 2 aromatic rings. The molecule has 0 radical (unpaired) electrons. The van der Waals surface area contributed by atoms with Gasteiger partial charge in [0.1, 0.15) is 17.6 Å². The number of hydrogen-bond donors (Lipinski definition) is 4. The molecular formula is C32H38F2N6O7. The normalized spacial score (nSPS) is 19.7. The van der Waals surface area contributed by atoms with Gasteiger partial charge in [0.05, 0.1) is 0 Å². The van der Waals surface area contributed by atoms with E-state index in [4.69, 9.17) is 11.5 Å². The summed E-state index contributed by atoms with van der Waals surface area (Å²) in [7, 11) is 0. The van der Waals surface area contributed by atoms with E-state index in [9.17, 15) is 42.3 Å². The van der Waals surface area contributed by atoms with Crippen LogP contribution in [-0.2, 0) is 24.0 Å². The third-order valence-corrected chi connectivity index (χ3v) is 7.59. The third-order valence-electron chi connectivity index (χ3n) is 7.59. The van der Waals surface area contributed by atoms with E-state index in [1.807, 2.05) is 5.32 Å². The standard InChI is InChI=1S/C16H18FN3O4.C16H20FN3O3/c1-8(2)20-15(23)13(14(22)19-16(20)24)12(21)7-11(18)9-4-3-5-10(17)6-9;1-9(2)20-15(22)12(14(21)19-16(20)23)6-7-13(18)10-4-3-5-11(17)8-10/h3-6,8,11,13H,7,18H2,1-2H3,(H,19,22,24);3-5,8-9,12-13H,6-7,18H2,1-2H3,(H,19,21,23)/t11-,13?;12?,13-/m11/s1. The number of barbiturate groups is 2. The maximum Gasteiger partial charge on any atom is 0.331 e. The minimum absolute atomic E-state index is 0.193. The van der Waals surface area contributed by atoms with Gasteiger partial charge in [-0.25, -0.2) is 18.4 Å². The second kappa shape index (κ2) is 15.6. The average molecular weight is 657 g/mol. The highest BCUT2D eigenvalue weighted by Crippen LogP contribution is 2.24. The Hall–Kier alpha value is -4.89. The largest absolute Gasteiger partial charge is 0.331 e. The number of ketones is 1. The van der Waals surface area contributed by atoms with Crippen LogP contribution in [0.4, 0.5) is 18.4 Å². The molecule has 0 spiro atoms. The van der Waals surface area contributed by atoms with Crippen LogP contribution in [0, 0.1) is 23.5 Å². The highest BCUT2D eigenvalue weighted by atomic mass is 19.1. The zero-order valence-corrected chi connectivity index (χ0v) is 26.4. The predicted octanol–water partition coefficient (Wildman–Crippen LogP) is 2.60. The lowest BCUT2D eigenvalue weighted by Gasteiger charge is -2.33. The molecule has 0 aromatic heterocycles.